The summed E-state index contributed by atoms with van der Waals surface area (Å²) in [6, 6.07) is 0.237. The lowest BCUT2D eigenvalue weighted by Crippen LogP contribution is -2.28. The number of nitrogens with two attached hydrogens (primary N) is 1. The maximum atomic E-state index is 5.68. The Balaban J connectivity index is 2.66. The summed E-state index contributed by atoms with van der Waals surface area (Å²) in [5.41, 5.74) is 6.50. The van der Waals surface area contributed by atoms with E-state index in [9.17, 15) is 0 Å². The topological polar surface area (TPSA) is 55.9 Å². The first-order valence-corrected chi connectivity index (χ1v) is 6.58. The third-order valence-electron chi connectivity index (χ3n) is 3.46. The van der Waals surface area contributed by atoms with Crippen LogP contribution in [0.1, 0.15) is 62.0 Å². The summed E-state index contributed by atoms with van der Waals surface area (Å²) in [7, 11) is 1.98. The number of rotatable bonds is 7. The van der Waals surface area contributed by atoms with E-state index < -0.39 is 0 Å². The second kappa shape index (κ2) is 6.77. The first-order chi connectivity index (χ1) is 8.11. The van der Waals surface area contributed by atoms with Crippen molar-refractivity contribution < 1.29 is 0 Å². The third-order valence-corrected chi connectivity index (χ3v) is 3.46. The SMILES string of the molecule is CCCCCCC(NN)c1c(C)nn(C)c1C. The Labute approximate surface area is 105 Å². The quantitative estimate of drug-likeness (QED) is 0.436. The van der Waals surface area contributed by atoms with Crippen LogP contribution in [0, 0.1) is 13.8 Å². The van der Waals surface area contributed by atoms with Gasteiger partial charge in [0.15, 0.2) is 0 Å². The number of unbranched alkanes of at least 4 members (excludes halogenated alkanes) is 3. The number of aromatic nitrogens is 2. The molecule has 1 aromatic rings. The molecule has 0 aliphatic rings. The van der Waals surface area contributed by atoms with Crippen molar-refractivity contribution >= 4 is 0 Å². The van der Waals surface area contributed by atoms with Gasteiger partial charge in [0.1, 0.15) is 0 Å². The minimum absolute atomic E-state index is 0.237. The molecule has 4 heteroatoms. The molecule has 3 N–H and O–H groups in total. The van der Waals surface area contributed by atoms with Crippen molar-refractivity contribution in [3.63, 3.8) is 0 Å². The van der Waals surface area contributed by atoms with Crippen LogP contribution in [-0.4, -0.2) is 9.78 Å². The van der Waals surface area contributed by atoms with Gasteiger partial charge in [-0.15, -0.1) is 0 Å². The van der Waals surface area contributed by atoms with Crippen molar-refractivity contribution in [2.45, 2.75) is 58.9 Å². The lowest BCUT2D eigenvalue weighted by Gasteiger charge is -2.16. The number of aryl methyl sites for hydroxylation is 2. The first kappa shape index (κ1) is 14.2. The van der Waals surface area contributed by atoms with Crippen molar-refractivity contribution in [2.24, 2.45) is 12.9 Å². The van der Waals surface area contributed by atoms with Gasteiger partial charge in [-0.05, 0) is 20.3 Å². The van der Waals surface area contributed by atoms with Crippen LogP contribution in [0.5, 0.6) is 0 Å². The fourth-order valence-electron chi connectivity index (χ4n) is 2.38. The predicted molar refractivity (Wildman–Crippen MR) is 71.5 cm³/mol. The van der Waals surface area contributed by atoms with E-state index in [4.69, 9.17) is 5.84 Å². The molecule has 1 atom stereocenters. The molecule has 0 saturated heterocycles. The third kappa shape index (κ3) is 3.54. The Bertz CT molecular complexity index is 343. The highest BCUT2D eigenvalue weighted by atomic mass is 15.3. The Morgan fingerprint density at radius 3 is 2.47 bits per heavy atom. The van der Waals surface area contributed by atoms with Crippen LogP contribution in [0.4, 0.5) is 0 Å². The average Bonchev–Trinajstić information content (AvgIpc) is 2.55. The number of hydrogen-bond acceptors (Lipinski definition) is 3. The molecule has 0 aliphatic heterocycles. The molecule has 0 saturated carbocycles. The van der Waals surface area contributed by atoms with Crippen LogP contribution < -0.4 is 11.3 Å². The van der Waals surface area contributed by atoms with Crippen LogP contribution in [0.3, 0.4) is 0 Å². The molecular weight excluding hydrogens is 212 g/mol. The second-order valence-corrected chi connectivity index (χ2v) is 4.78. The average molecular weight is 238 g/mol. The molecule has 98 valence electrons. The zero-order valence-electron chi connectivity index (χ0n) is 11.6. The van der Waals surface area contributed by atoms with Crippen LogP contribution in [-0.2, 0) is 7.05 Å². The van der Waals surface area contributed by atoms with Gasteiger partial charge in [0.25, 0.3) is 0 Å². The zero-order valence-corrected chi connectivity index (χ0v) is 11.6. The summed E-state index contributed by atoms with van der Waals surface area (Å²) in [6.45, 7) is 6.39. The summed E-state index contributed by atoms with van der Waals surface area (Å²) in [5.74, 6) is 5.68. The number of nitrogens with one attached hydrogen (secondary N) is 1. The Morgan fingerprint density at radius 1 is 1.29 bits per heavy atom. The molecule has 0 aliphatic carbocycles. The lowest BCUT2D eigenvalue weighted by molar-refractivity contribution is 0.478. The minimum Gasteiger partial charge on any atom is -0.272 e. The molecule has 1 rings (SSSR count). The van der Waals surface area contributed by atoms with Gasteiger partial charge in [-0.3, -0.25) is 16.0 Å². The highest BCUT2D eigenvalue weighted by Gasteiger charge is 2.18. The zero-order chi connectivity index (χ0) is 12.8. The molecule has 0 spiro atoms. The van der Waals surface area contributed by atoms with E-state index in [0.29, 0.717) is 0 Å². The summed E-state index contributed by atoms with van der Waals surface area (Å²) < 4.78 is 1.93. The molecule has 1 unspecified atom stereocenters. The lowest BCUT2D eigenvalue weighted by atomic mass is 9.99. The number of hydrazine groups is 1. The summed E-state index contributed by atoms with van der Waals surface area (Å²) in [4.78, 5) is 0. The monoisotopic (exact) mass is 238 g/mol. The second-order valence-electron chi connectivity index (χ2n) is 4.78. The largest absolute Gasteiger partial charge is 0.272 e. The highest BCUT2D eigenvalue weighted by molar-refractivity contribution is 5.27. The molecule has 17 heavy (non-hydrogen) atoms. The van der Waals surface area contributed by atoms with Crippen molar-refractivity contribution in [1.82, 2.24) is 15.2 Å². The van der Waals surface area contributed by atoms with Crippen LogP contribution in [0.15, 0.2) is 0 Å². The van der Waals surface area contributed by atoms with Gasteiger partial charge in [0.05, 0.1) is 5.69 Å². The van der Waals surface area contributed by atoms with E-state index >= 15 is 0 Å². The van der Waals surface area contributed by atoms with Crippen LogP contribution in [0.25, 0.3) is 0 Å². The van der Waals surface area contributed by atoms with E-state index in [1.54, 1.807) is 0 Å². The van der Waals surface area contributed by atoms with Gasteiger partial charge in [0, 0.05) is 24.3 Å². The molecule has 0 aromatic carbocycles. The van der Waals surface area contributed by atoms with Gasteiger partial charge in [0.2, 0.25) is 0 Å². The Kier molecular flexibility index (Phi) is 5.65. The smallest absolute Gasteiger partial charge is 0.0644 e. The van der Waals surface area contributed by atoms with Crippen molar-refractivity contribution in [3.05, 3.63) is 17.0 Å². The summed E-state index contributed by atoms with van der Waals surface area (Å²) in [6.07, 6.45) is 6.17. The molecule has 0 amide bonds. The van der Waals surface area contributed by atoms with E-state index in [-0.39, 0.29) is 6.04 Å². The number of nitrogens with zero attached hydrogens (tertiary/aromatic N) is 2. The fourth-order valence-corrected chi connectivity index (χ4v) is 2.38. The van der Waals surface area contributed by atoms with Gasteiger partial charge >= 0.3 is 0 Å². The molecule has 0 bridgehead atoms. The predicted octanol–water partition coefficient (Wildman–Crippen LogP) is 2.51. The van der Waals surface area contributed by atoms with Gasteiger partial charge < -0.3 is 0 Å². The molecular formula is C13H26N4. The highest BCUT2D eigenvalue weighted by Crippen LogP contribution is 2.25. The molecule has 1 aromatic heterocycles. The molecule has 0 fully saturated rings. The summed E-state index contributed by atoms with van der Waals surface area (Å²) in [5, 5.41) is 4.44. The maximum Gasteiger partial charge on any atom is 0.0644 e. The normalized spacial score (nSPS) is 13.0. The van der Waals surface area contributed by atoms with Gasteiger partial charge in [-0.1, -0.05) is 32.6 Å². The first-order valence-electron chi connectivity index (χ1n) is 6.58. The Morgan fingerprint density at radius 2 is 2.00 bits per heavy atom. The summed E-state index contributed by atoms with van der Waals surface area (Å²) >= 11 is 0. The van der Waals surface area contributed by atoms with Crippen molar-refractivity contribution in [1.29, 1.82) is 0 Å². The molecule has 0 radical (unpaired) electrons. The molecule has 1 heterocycles. The van der Waals surface area contributed by atoms with Gasteiger partial charge in [-0.25, -0.2) is 0 Å². The van der Waals surface area contributed by atoms with Gasteiger partial charge in [-0.2, -0.15) is 5.10 Å². The van der Waals surface area contributed by atoms with Crippen molar-refractivity contribution in [3.8, 4) is 0 Å². The molecule has 4 nitrogen and oxygen atoms in total. The van der Waals surface area contributed by atoms with E-state index in [1.807, 2.05) is 11.7 Å². The standard InChI is InChI=1S/C13H26N4/c1-5-6-7-8-9-12(15-14)13-10(2)16-17(4)11(13)3/h12,15H,5-9,14H2,1-4H3. The van der Waals surface area contributed by atoms with Crippen molar-refractivity contribution in [2.75, 3.05) is 0 Å². The van der Waals surface area contributed by atoms with Crippen LogP contribution >= 0.6 is 0 Å². The minimum atomic E-state index is 0.237. The van der Waals surface area contributed by atoms with E-state index in [2.05, 4.69) is 31.3 Å². The Hall–Kier alpha value is -0.870. The maximum absolute atomic E-state index is 5.68. The van der Waals surface area contributed by atoms with Crippen LogP contribution in [0.2, 0.25) is 0 Å². The number of hydrogen-bond donors (Lipinski definition) is 2. The van der Waals surface area contributed by atoms with E-state index in [0.717, 1.165) is 12.1 Å². The van der Waals surface area contributed by atoms with E-state index in [1.165, 1.54) is 36.9 Å². The fraction of sp³-hybridized carbons (Fsp3) is 0.769.